The number of nitrogens with one attached hydrogen (secondary N) is 1. The molecule has 1 amide bonds. The molecule has 0 bridgehead atoms. The number of carboxylic acid groups (broad SMARTS) is 1. The van der Waals surface area contributed by atoms with Crippen LogP contribution in [0, 0.1) is 0 Å². The molecule has 10 nitrogen and oxygen atoms in total. The highest BCUT2D eigenvalue weighted by atomic mass is 16.5. The van der Waals surface area contributed by atoms with Gasteiger partial charge >= 0.3 is 0 Å². The van der Waals surface area contributed by atoms with Gasteiger partial charge in [-0.2, -0.15) is 5.10 Å². The highest BCUT2D eigenvalue weighted by molar-refractivity contribution is 6.01. The van der Waals surface area contributed by atoms with Crippen molar-refractivity contribution in [3.63, 3.8) is 0 Å². The Bertz CT molecular complexity index is 826. The normalized spacial score (nSPS) is 9.73. The average molecular weight is 420 g/mol. The van der Waals surface area contributed by atoms with E-state index in [1.54, 1.807) is 0 Å². The molecule has 30 heavy (non-hydrogen) atoms. The van der Waals surface area contributed by atoms with Crippen molar-refractivity contribution in [2.75, 3.05) is 27.3 Å². The molecule has 0 aliphatic heterocycles. The molecule has 0 aliphatic carbocycles. The molecule has 0 atom stereocenters. The predicted molar refractivity (Wildman–Crippen MR) is 110 cm³/mol. The van der Waals surface area contributed by atoms with E-state index in [1.807, 2.05) is 0 Å². The number of aromatic nitrogens is 1. The van der Waals surface area contributed by atoms with Gasteiger partial charge in [-0.1, -0.05) is 0 Å². The number of carbonyl (C=O) groups excluding carboxylic acids is 2. The van der Waals surface area contributed by atoms with Gasteiger partial charge < -0.3 is 30.2 Å². The topological polar surface area (TPSA) is 161 Å². The smallest absolute Gasteiger partial charge is 0.271 e. The van der Waals surface area contributed by atoms with E-state index in [4.69, 9.17) is 9.47 Å². The van der Waals surface area contributed by atoms with Gasteiger partial charge in [0.2, 0.25) is 0 Å². The second kappa shape index (κ2) is 14.5. The molecule has 1 aromatic carbocycles. The first-order valence-electron chi connectivity index (χ1n) is 9.01. The molecule has 0 saturated carbocycles. The van der Waals surface area contributed by atoms with Crippen LogP contribution in [0.2, 0.25) is 0 Å². The van der Waals surface area contributed by atoms with Crippen molar-refractivity contribution in [2.24, 2.45) is 5.10 Å². The SMILES string of the molecule is CC[NH2+]CC.COc1ccc(/C=N/NC(=O)c2ccncc2)c(C(=O)[O-])c1OC.O. The number of benzene rings is 1. The van der Waals surface area contributed by atoms with Crippen molar-refractivity contribution in [3.8, 4) is 11.5 Å². The third kappa shape index (κ3) is 7.86. The third-order valence-electron chi connectivity index (χ3n) is 3.67. The number of carbonyl (C=O) groups is 2. The monoisotopic (exact) mass is 420 g/mol. The number of nitrogens with zero attached hydrogens (tertiary/aromatic N) is 2. The lowest BCUT2D eigenvalue weighted by molar-refractivity contribution is -0.648. The van der Waals surface area contributed by atoms with Crippen LogP contribution in [0.1, 0.15) is 40.1 Å². The Labute approximate surface area is 175 Å². The molecule has 0 saturated heterocycles. The van der Waals surface area contributed by atoms with Gasteiger partial charge in [0.1, 0.15) is 0 Å². The molecule has 2 rings (SSSR count). The van der Waals surface area contributed by atoms with Gasteiger partial charge in [-0.3, -0.25) is 9.78 Å². The maximum Gasteiger partial charge on any atom is 0.271 e. The zero-order valence-corrected chi connectivity index (χ0v) is 17.5. The summed E-state index contributed by atoms with van der Waals surface area (Å²) in [5.41, 5.74) is 2.64. The van der Waals surface area contributed by atoms with Crippen LogP contribution in [-0.4, -0.2) is 55.9 Å². The van der Waals surface area contributed by atoms with Gasteiger partial charge in [0, 0.05) is 23.5 Å². The number of pyridine rings is 1. The zero-order chi connectivity index (χ0) is 21.6. The summed E-state index contributed by atoms with van der Waals surface area (Å²) in [5.74, 6) is -1.65. The van der Waals surface area contributed by atoms with Crippen molar-refractivity contribution in [1.29, 1.82) is 0 Å². The predicted octanol–water partition coefficient (Wildman–Crippen LogP) is -1.01. The lowest BCUT2D eigenvalue weighted by Crippen LogP contribution is -2.82. The summed E-state index contributed by atoms with van der Waals surface area (Å²) in [7, 11) is 2.70. The van der Waals surface area contributed by atoms with Crippen LogP contribution in [0.5, 0.6) is 11.5 Å². The van der Waals surface area contributed by atoms with E-state index in [2.05, 4.69) is 34.7 Å². The molecule has 10 heteroatoms. The van der Waals surface area contributed by atoms with Crippen LogP contribution < -0.4 is 25.3 Å². The number of amides is 1. The van der Waals surface area contributed by atoms with Crippen LogP contribution >= 0.6 is 0 Å². The number of aromatic carboxylic acids is 1. The fraction of sp³-hybridized carbons (Fsp3) is 0.300. The summed E-state index contributed by atoms with van der Waals surface area (Å²) < 4.78 is 10.1. The first-order chi connectivity index (χ1) is 14.0. The Kier molecular flexibility index (Phi) is 12.8. The second-order valence-corrected chi connectivity index (χ2v) is 5.59. The first-order valence-corrected chi connectivity index (χ1v) is 9.01. The van der Waals surface area contributed by atoms with Crippen molar-refractivity contribution in [3.05, 3.63) is 53.3 Å². The highest BCUT2D eigenvalue weighted by Gasteiger charge is 2.15. The number of hydrogen-bond donors (Lipinski definition) is 2. The summed E-state index contributed by atoms with van der Waals surface area (Å²) in [6.45, 7) is 6.75. The molecule has 5 N–H and O–H groups in total. The number of quaternary nitrogens is 1. The van der Waals surface area contributed by atoms with Gasteiger partial charge in [-0.15, -0.1) is 0 Å². The molecule has 0 aliphatic rings. The summed E-state index contributed by atoms with van der Waals surface area (Å²) in [4.78, 5) is 27.0. The molecule has 2 aromatic rings. The van der Waals surface area contributed by atoms with Crippen LogP contribution in [0.3, 0.4) is 0 Å². The molecule has 0 radical (unpaired) electrons. The number of nitrogens with two attached hydrogens (primary N) is 1. The molecule has 0 unspecified atom stereocenters. The van der Waals surface area contributed by atoms with Gasteiger partial charge in [0.15, 0.2) is 11.5 Å². The Morgan fingerprint density at radius 3 is 2.23 bits per heavy atom. The maximum absolute atomic E-state index is 11.9. The summed E-state index contributed by atoms with van der Waals surface area (Å²) in [6.07, 6.45) is 4.13. The van der Waals surface area contributed by atoms with Crippen LogP contribution in [0.25, 0.3) is 0 Å². The fourth-order valence-corrected chi connectivity index (χ4v) is 2.28. The standard InChI is InChI=1S/C16H15N3O5.C4H11N.H2O/c1-23-12-4-3-11(13(16(21)22)14(12)24-2)9-18-19-15(20)10-5-7-17-8-6-10;1-3-5-4-2;/h3-9H,1-2H3,(H,19,20)(H,21,22);5H,3-4H2,1-2H3;1H2/b18-9+;;. The van der Waals surface area contributed by atoms with Gasteiger partial charge in [-0.25, -0.2) is 5.43 Å². The number of hydrazone groups is 1. The highest BCUT2D eigenvalue weighted by Crippen LogP contribution is 2.32. The molecule has 1 aromatic heterocycles. The number of ether oxygens (including phenoxy) is 2. The van der Waals surface area contributed by atoms with Crippen LogP contribution in [-0.2, 0) is 0 Å². The number of methoxy groups -OCH3 is 2. The van der Waals surface area contributed by atoms with Crippen LogP contribution in [0.15, 0.2) is 41.8 Å². The number of rotatable bonds is 8. The first kappa shape index (κ1) is 26.5. The minimum absolute atomic E-state index is 0. The molecular formula is C20H28N4O6. The Hall–Kier alpha value is -3.50. The molecule has 0 spiro atoms. The molecular weight excluding hydrogens is 392 g/mol. The van der Waals surface area contributed by atoms with Gasteiger partial charge in [-0.05, 0) is 38.1 Å². The Morgan fingerprint density at radius 1 is 1.13 bits per heavy atom. The maximum atomic E-state index is 11.9. The van der Waals surface area contributed by atoms with Crippen molar-refractivity contribution in [2.45, 2.75) is 13.8 Å². The van der Waals surface area contributed by atoms with Crippen molar-refractivity contribution < 1.29 is 35.0 Å². The van der Waals surface area contributed by atoms with E-state index >= 15 is 0 Å². The van der Waals surface area contributed by atoms with E-state index in [9.17, 15) is 14.7 Å². The lowest BCUT2D eigenvalue weighted by atomic mass is 10.1. The lowest BCUT2D eigenvalue weighted by Gasteiger charge is -2.15. The van der Waals surface area contributed by atoms with E-state index in [-0.39, 0.29) is 28.1 Å². The van der Waals surface area contributed by atoms with E-state index in [0.717, 1.165) is 0 Å². The van der Waals surface area contributed by atoms with Crippen molar-refractivity contribution >= 4 is 18.1 Å². The minimum Gasteiger partial charge on any atom is -0.545 e. The quantitative estimate of drug-likeness (QED) is 0.411. The Morgan fingerprint density at radius 2 is 1.77 bits per heavy atom. The zero-order valence-electron chi connectivity index (χ0n) is 17.5. The largest absolute Gasteiger partial charge is 0.545 e. The van der Waals surface area contributed by atoms with E-state index < -0.39 is 11.9 Å². The summed E-state index contributed by atoms with van der Waals surface area (Å²) >= 11 is 0. The fourth-order valence-electron chi connectivity index (χ4n) is 2.28. The van der Waals surface area contributed by atoms with Crippen LogP contribution in [0.4, 0.5) is 0 Å². The summed E-state index contributed by atoms with van der Waals surface area (Å²) in [6, 6.07) is 6.04. The molecule has 164 valence electrons. The molecule has 0 fully saturated rings. The third-order valence-corrected chi connectivity index (χ3v) is 3.67. The number of hydrogen-bond acceptors (Lipinski definition) is 7. The van der Waals surface area contributed by atoms with E-state index in [1.165, 1.54) is 70.2 Å². The van der Waals surface area contributed by atoms with Gasteiger partial charge in [0.05, 0.1) is 45.1 Å². The molecule has 1 heterocycles. The van der Waals surface area contributed by atoms with Crippen molar-refractivity contribution in [1.82, 2.24) is 10.4 Å². The minimum atomic E-state index is -1.45. The number of carboxylic acids is 1. The van der Waals surface area contributed by atoms with Gasteiger partial charge in [0.25, 0.3) is 5.91 Å². The Balaban J connectivity index is 0.00000125. The second-order valence-electron chi connectivity index (χ2n) is 5.59. The average Bonchev–Trinajstić information content (AvgIpc) is 2.74. The summed E-state index contributed by atoms with van der Waals surface area (Å²) in [5, 5.41) is 17.4. The van der Waals surface area contributed by atoms with E-state index in [0.29, 0.717) is 5.56 Å².